The lowest BCUT2D eigenvalue weighted by molar-refractivity contribution is 0.0322. The van der Waals surface area contributed by atoms with Crippen molar-refractivity contribution in [1.82, 2.24) is 20.5 Å². The van der Waals surface area contributed by atoms with E-state index in [4.69, 9.17) is 9.47 Å². The molecule has 1 fully saturated rings. The van der Waals surface area contributed by atoms with Gasteiger partial charge in [-0.05, 0) is 17.7 Å². The molecule has 1 aromatic carbocycles. The monoisotopic (exact) mass is 432 g/mol. The molecular formula is C22H32N4O3S. The molecule has 0 spiro atoms. The Hall–Kier alpha value is -2.16. The fourth-order valence-electron chi connectivity index (χ4n) is 3.01. The molecule has 0 unspecified atom stereocenters. The Balaban J connectivity index is 1.38. The molecule has 1 aliphatic heterocycles. The maximum atomic E-state index is 12.1. The highest BCUT2D eigenvalue weighted by atomic mass is 32.1. The van der Waals surface area contributed by atoms with E-state index in [9.17, 15) is 4.79 Å². The van der Waals surface area contributed by atoms with Crippen LogP contribution >= 0.6 is 11.3 Å². The lowest BCUT2D eigenvalue weighted by Crippen LogP contribution is -2.38. The fraction of sp³-hybridized carbons (Fsp3) is 0.545. The van der Waals surface area contributed by atoms with Gasteiger partial charge < -0.3 is 20.1 Å². The van der Waals surface area contributed by atoms with Crippen molar-refractivity contribution >= 4 is 17.4 Å². The van der Waals surface area contributed by atoms with Crippen molar-refractivity contribution in [2.45, 2.75) is 39.3 Å². The second kappa shape index (κ2) is 10.7. The van der Waals surface area contributed by atoms with Crippen LogP contribution in [0.15, 0.2) is 29.6 Å². The third-order valence-electron chi connectivity index (χ3n) is 4.75. The minimum Gasteiger partial charge on any atom is -0.492 e. The minimum absolute atomic E-state index is 0.0282. The first-order chi connectivity index (χ1) is 14.4. The normalized spacial score (nSPS) is 15.0. The van der Waals surface area contributed by atoms with Gasteiger partial charge in [0.05, 0.1) is 30.5 Å². The highest BCUT2D eigenvalue weighted by molar-refractivity contribution is 7.09. The molecule has 0 radical (unpaired) electrons. The molecule has 1 saturated heterocycles. The van der Waals surface area contributed by atoms with Crippen molar-refractivity contribution in [3.8, 4) is 5.75 Å². The number of hydrogen-bond donors (Lipinski definition) is 2. The summed E-state index contributed by atoms with van der Waals surface area (Å²) in [6.07, 6.45) is 0. The number of hydrogen-bond acceptors (Lipinski definition) is 6. The zero-order chi connectivity index (χ0) is 21.4. The molecule has 164 valence electrons. The van der Waals surface area contributed by atoms with Gasteiger partial charge in [-0.2, -0.15) is 0 Å². The number of urea groups is 1. The maximum Gasteiger partial charge on any atom is 0.315 e. The van der Waals surface area contributed by atoms with Gasteiger partial charge in [-0.25, -0.2) is 9.78 Å². The van der Waals surface area contributed by atoms with E-state index in [1.54, 1.807) is 11.3 Å². The summed E-state index contributed by atoms with van der Waals surface area (Å²) in [4.78, 5) is 19.1. The maximum absolute atomic E-state index is 12.1. The molecule has 0 bridgehead atoms. The van der Waals surface area contributed by atoms with Crippen LogP contribution in [0.3, 0.4) is 0 Å². The summed E-state index contributed by atoms with van der Waals surface area (Å²) in [6, 6.07) is 7.63. The molecular weight excluding hydrogens is 400 g/mol. The summed E-state index contributed by atoms with van der Waals surface area (Å²) in [7, 11) is 0. The lowest BCUT2D eigenvalue weighted by atomic mass is 9.98. The van der Waals surface area contributed by atoms with E-state index in [0.29, 0.717) is 19.7 Å². The third-order valence-corrected chi connectivity index (χ3v) is 6.07. The molecule has 0 atom stereocenters. The van der Waals surface area contributed by atoms with Crippen molar-refractivity contribution in [3.63, 3.8) is 0 Å². The Labute approximate surface area is 182 Å². The zero-order valence-corrected chi connectivity index (χ0v) is 18.9. The van der Waals surface area contributed by atoms with Crippen molar-refractivity contribution in [2.24, 2.45) is 0 Å². The topological polar surface area (TPSA) is 75.7 Å². The van der Waals surface area contributed by atoms with Crippen LogP contribution < -0.4 is 15.4 Å². The molecule has 0 aliphatic carbocycles. The third kappa shape index (κ3) is 7.27. The zero-order valence-electron chi connectivity index (χ0n) is 18.1. The molecule has 8 heteroatoms. The van der Waals surface area contributed by atoms with Crippen molar-refractivity contribution in [3.05, 3.63) is 45.9 Å². The summed E-state index contributed by atoms with van der Waals surface area (Å²) in [5, 5.41) is 8.83. The van der Waals surface area contributed by atoms with Crippen LogP contribution in [0.5, 0.6) is 5.75 Å². The van der Waals surface area contributed by atoms with Crippen molar-refractivity contribution in [2.75, 3.05) is 39.5 Å². The summed E-state index contributed by atoms with van der Waals surface area (Å²) >= 11 is 1.63. The molecule has 1 aromatic heterocycles. The van der Waals surface area contributed by atoms with Crippen LogP contribution in [-0.4, -0.2) is 55.4 Å². The molecule has 2 amide bonds. The van der Waals surface area contributed by atoms with Crippen molar-refractivity contribution < 1.29 is 14.3 Å². The number of carbonyl (C=O) groups excluding carboxylic acids is 1. The van der Waals surface area contributed by atoms with Gasteiger partial charge in [0.2, 0.25) is 0 Å². The van der Waals surface area contributed by atoms with E-state index in [-0.39, 0.29) is 11.4 Å². The van der Waals surface area contributed by atoms with Crippen LogP contribution in [0.1, 0.15) is 37.0 Å². The van der Waals surface area contributed by atoms with Gasteiger partial charge >= 0.3 is 6.03 Å². The lowest BCUT2D eigenvalue weighted by Gasteiger charge is -2.26. The number of aromatic nitrogens is 1. The van der Waals surface area contributed by atoms with E-state index in [0.717, 1.165) is 54.9 Å². The summed E-state index contributed by atoms with van der Waals surface area (Å²) in [6.45, 7) is 12.3. The van der Waals surface area contributed by atoms with Crippen LogP contribution in [0, 0.1) is 0 Å². The van der Waals surface area contributed by atoms with E-state index >= 15 is 0 Å². The van der Waals surface area contributed by atoms with E-state index in [1.807, 2.05) is 29.6 Å². The van der Waals surface area contributed by atoms with E-state index in [1.165, 1.54) is 0 Å². The molecule has 2 N–H and O–H groups in total. The highest BCUT2D eigenvalue weighted by Crippen LogP contribution is 2.25. The summed E-state index contributed by atoms with van der Waals surface area (Å²) in [5.74, 6) is 0.820. The summed E-state index contributed by atoms with van der Waals surface area (Å²) in [5.41, 5.74) is 1.91. The number of carbonyl (C=O) groups is 1. The van der Waals surface area contributed by atoms with Crippen molar-refractivity contribution in [1.29, 1.82) is 0 Å². The molecule has 1 aliphatic rings. The largest absolute Gasteiger partial charge is 0.492 e. The second-order valence-electron chi connectivity index (χ2n) is 8.38. The Bertz CT molecular complexity index is 813. The van der Waals surface area contributed by atoms with Crippen LogP contribution in [-0.2, 0) is 23.2 Å². The standard InChI is InChI=1S/C22H32N4O3S/c1-22(2,3)20-25-18(16-30-20)15-24-21(27)23-14-17-5-4-6-19(13-17)29-12-9-26-7-10-28-11-8-26/h4-6,13,16H,7-12,14-15H2,1-3H3,(H2,23,24,27). The van der Waals surface area contributed by atoms with Gasteiger partial charge in [-0.1, -0.05) is 32.9 Å². The van der Waals surface area contributed by atoms with Crippen LogP contribution in [0.25, 0.3) is 0 Å². The molecule has 2 aromatic rings. The molecule has 2 heterocycles. The van der Waals surface area contributed by atoms with Crippen LogP contribution in [0.4, 0.5) is 4.79 Å². The number of amides is 2. The van der Waals surface area contributed by atoms with Gasteiger partial charge in [0.1, 0.15) is 12.4 Å². The second-order valence-corrected chi connectivity index (χ2v) is 9.24. The van der Waals surface area contributed by atoms with Crippen LogP contribution in [0.2, 0.25) is 0 Å². The molecule has 30 heavy (non-hydrogen) atoms. The van der Waals surface area contributed by atoms with Gasteiger partial charge in [0.25, 0.3) is 0 Å². The Morgan fingerprint density at radius 2 is 2.00 bits per heavy atom. The van der Waals surface area contributed by atoms with E-state index < -0.39 is 0 Å². The smallest absolute Gasteiger partial charge is 0.315 e. The van der Waals surface area contributed by atoms with Gasteiger partial charge in [-0.15, -0.1) is 11.3 Å². The highest BCUT2D eigenvalue weighted by Gasteiger charge is 2.18. The van der Waals surface area contributed by atoms with E-state index in [2.05, 4.69) is 41.3 Å². The number of nitrogens with zero attached hydrogens (tertiary/aromatic N) is 2. The predicted octanol–water partition coefficient (Wildman–Crippen LogP) is 3.15. The first-order valence-corrected chi connectivity index (χ1v) is 11.3. The molecule has 0 saturated carbocycles. The Kier molecular flexibility index (Phi) is 8.07. The quantitative estimate of drug-likeness (QED) is 0.670. The number of morpholine rings is 1. The number of benzene rings is 1. The number of thiazole rings is 1. The number of ether oxygens (including phenoxy) is 2. The molecule has 3 rings (SSSR count). The van der Waals surface area contributed by atoms with Gasteiger partial charge in [-0.3, -0.25) is 4.90 Å². The Morgan fingerprint density at radius 3 is 2.73 bits per heavy atom. The average Bonchev–Trinajstić information content (AvgIpc) is 3.22. The first kappa shape index (κ1) is 22.5. The first-order valence-electron chi connectivity index (χ1n) is 10.4. The SMILES string of the molecule is CC(C)(C)c1nc(CNC(=O)NCc2cccc(OCCN3CCOCC3)c2)cs1. The predicted molar refractivity (Wildman–Crippen MR) is 119 cm³/mol. The fourth-order valence-corrected chi connectivity index (χ4v) is 3.92. The Morgan fingerprint density at radius 1 is 1.23 bits per heavy atom. The van der Waals surface area contributed by atoms with Gasteiger partial charge in [0, 0.05) is 37.0 Å². The molecule has 7 nitrogen and oxygen atoms in total. The number of rotatable bonds is 8. The average molecular weight is 433 g/mol. The summed E-state index contributed by atoms with van der Waals surface area (Å²) < 4.78 is 11.2. The van der Waals surface area contributed by atoms with Gasteiger partial charge in [0.15, 0.2) is 0 Å². The number of nitrogens with one attached hydrogen (secondary N) is 2. The minimum atomic E-state index is -0.209.